The Hall–Kier alpha value is -1.50. The fraction of sp³-hybridized carbons (Fsp3) is 0.889. The van der Waals surface area contributed by atoms with Crippen molar-refractivity contribution in [3.8, 4) is 0 Å². The normalized spacial score (nSPS) is 25.3. The molecular formula is C18H35N5O2. The third kappa shape index (κ3) is 6.38. The zero-order valence-electron chi connectivity index (χ0n) is 16.5. The molecule has 2 N–H and O–H groups in total. The van der Waals surface area contributed by atoms with Crippen molar-refractivity contribution in [3.05, 3.63) is 0 Å². The lowest BCUT2D eigenvalue weighted by atomic mass is 10.2. The molecule has 0 aromatic carbocycles. The second kappa shape index (κ2) is 8.74. The van der Waals surface area contributed by atoms with Gasteiger partial charge in [0.1, 0.15) is 5.60 Å². The predicted molar refractivity (Wildman–Crippen MR) is 101 cm³/mol. The molecule has 7 nitrogen and oxygen atoms in total. The largest absolute Gasteiger partial charge is 0.444 e. The summed E-state index contributed by atoms with van der Waals surface area (Å²) in [4.78, 5) is 21.4. The highest BCUT2D eigenvalue weighted by Gasteiger charge is 2.28. The minimum Gasteiger partial charge on any atom is -0.444 e. The second-order valence-corrected chi connectivity index (χ2v) is 8.05. The van der Waals surface area contributed by atoms with Crippen LogP contribution in [-0.4, -0.2) is 79.3 Å². The van der Waals surface area contributed by atoms with Gasteiger partial charge in [-0.15, -0.1) is 0 Å². The average Bonchev–Trinajstić information content (AvgIpc) is 3.11. The molecule has 0 spiro atoms. The molecule has 144 valence electrons. The number of nitrogens with one attached hydrogen (secondary N) is 2. The van der Waals surface area contributed by atoms with Crippen LogP contribution in [0.5, 0.6) is 0 Å². The number of hydrogen-bond donors (Lipinski definition) is 2. The number of hydrogen-bond acceptors (Lipinski definition) is 4. The first kappa shape index (κ1) is 19.8. The number of ether oxygens (including phenoxy) is 1. The number of alkyl carbamates (subject to hydrolysis) is 1. The molecule has 0 saturated carbocycles. The van der Waals surface area contributed by atoms with Gasteiger partial charge in [-0.1, -0.05) is 0 Å². The number of guanidine groups is 1. The number of aliphatic imine (C=N–C) groups is 1. The molecule has 2 rings (SSSR count). The highest BCUT2D eigenvalue weighted by molar-refractivity contribution is 5.80. The van der Waals surface area contributed by atoms with E-state index in [1.165, 1.54) is 19.4 Å². The maximum atomic E-state index is 11.9. The molecule has 0 radical (unpaired) electrons. The average molecular weight is 354 g/mol. The van der Waals surface area contributed by atoms with Crippen LogP contribution in [0.2, 0.25) is 0 Å². The molecule has 0 aromatic rings. The van der Waals surface area contributed by atoms with Crippen LogP contribution in [0.3, 0.4) is 0 Å². The zero-order chi connectivity index (χ0) is 18.4. The van der Waals surface area contributed by atoms with Gasteiger partial charge < -0.3 is 25.2 Å². The maximum absolute atomic E-state index is 11.9. The molecule has 25 heavy (non-hydrogen) atoms. The third-order valence-electron chi connectivity index (χ3n) is 4.67. The van der Waals surface area contributed by atoms with Crippen LogP contribution >= 0.6 is 0 Å². The van der Waals surface area contributed by atoms with Crippen LogP contribution in [0.1, 0.15) is 47.0 Å². The van der Waals surface area contributed by atoms with Gasteiger partial charge in [-0.3, -0.25) is 4.99 Å². The molecule has 2 unspecified atom stereocenters. The van der Waals surface area contributed by atoms with E-state index < -0.39 is 5.60 Å². The Morgan fingerprint density at radius 3 is 2.64 bits per heavy atom. The van der Waals surface area contributed by atoms with Gasteiger partial charge in [0, 0.05) is 25.7 Å². The zero-order valence-corrected chi connectivity index (χ0v) is 16.5. The van der Waals surface area contributed by atoms with E-state index in [1.54, 1.807) is 0 Å². The summed E-state index contributed by atoms with van der Waals surface area (Å²) in [5, 5.41) is 6.36. The van der Waals surface area contributed by atoms with E-state index in [9.17, 15) is 4.79 Å². The van der Waals surface area contributed by atoms with Crippen molar-refractivity contribution >= 4 is 12.1 Å². The van der Waals surface area contributed by atoms with Gasteiger partial charge in [0.05, 0.1) is 12.6 Å². The van der Waals surface area contributed by atoms with Crippen LogP contribution in [-0.2, 0) is 4.74 Å². The Bertz CT molecular complexity index is 475. The summed E-state index contributed by atoms with van der Waals surface area (Å²) < 4.78 is 5.35. The summed E-state index contributed by atoms with van der Waals surface area (Å²) in [6, 6.07) is 0.653. The van der Waals surface area contributed by atoms with Crippen LogP contribution in [0, 0.1) is 0 Å². The van der Waals surface area contributed by atoms with Crippen molar-refractivity contribution < 1.29 is 9.53 Å². The SMILES string of the molecule is CCNC(=NCC1CCCN1C)N1CCC(NC(=O)OC(C)(C)C)C1. The minimum absolute atomic E-state index is 0.105. The minimum atomic E-state index is -0.466. The molecule has 0 bridgehead atoms. The molecule has 1 amide bonds. The van der Waals surface area contributed by atoms with Gasteiger partial charge >= 0.3 is 6.09 Å². The monoisotopic (exact) mass is 353 g/mol. The smallest absolute Gasteiger partial charge is 0.407 e. The Balaban J connectivity index is 1.86. The van der Waals surface area contributed by atoms with Gasteiger partial charge in [0.15, 0.2) is 5.96 Å². The lowest BCUT2D eigenvalue weighted by molar-refractivity contribution is 0.0507. The molecule has 2 heterocycles. The van der Waals surface area contributed by atoms with Crippen LogP contribution < -0.4 is 10.6 Å². The Morgan fingerprint density at radius 1 is 1.28 bits per heavy atom. The summed E-state index contributed by atoms with van der Waals surface area (Å²) in [6.07, 6.45) is 3.06. The number of carbonyl (C=O) groups is 1. The van der Waals surface area contributed by atoms with Crippen molar-refractivity contribution in [2.45, 2.75) is 64.6 Å². The van der Waals surface area contributed by atoms with Crippen molar-refractivity contribution in [1.29, 1.82) is 0 Å². The van der Waals surface area contributed by atoms with Gasteiger partial charge in [0.25, 0.3) is 0 Å². The predicted octanol–water partition coefficient (Wildman–Crippen LogP) is 1.65. The van der Waals surface area contributed by atoms with Gasteiger partial charge in [-0.2, -0.15) is 0 Å². The molecule has 0 aromatic heterocycles. The first-order chi connectivity index (χ1) is 11.8. The fourth-order valence-electron chi connectivity index (χ4n) is 3.37. The van der Waals surface area contributed by atoms with Crippen LogP contribution in [0.25, 0.3) is 0 Å². The van der Waals surface area contributed by atoms with Gasteiger partial charge in [0.2, 0.25) is 0 Å². The topological polar surface area (TPSA) is 69.2 Å². The van der Waals surface area contributed by atoms with E-state index in [0.29, 0.717) is 6.04 Å². The second-order valence-electron chi connectivity index (χ2n) is 8.05. The molecule has 0 aliphatic carbocycles. The van der Waals surface area contributed by atoms with Gasteiger partial charge in [-0.05, 0) is 60.5 Å². The van der Waals surface area contributed by atoms with E-state index in [2.05, 4.69) is 34.4 Å². The molecule has 7 heteroatoms. The van der Waals surface area contributed by atoms with Crippen molar-refractivity contribution in [2.75, 3.05) is 39.8 Å². The standard InChI is InChI=1S/C18H35N5O2/c1-6-19-16(20-12-15-8-7-10-22(15)5)23-11-9-14(13-23)21-17(24)25-18(2,3)4/h14-15H,6-13H2,1-5H3,(H,19,20)(H,21,24). The number of nitrogens with zero attached hydrogens (tertiary/aromatic N) is 3. The maximum Gasteiger partial charge on any atom is 0.407 e. The van der Waals surface area contributed by atoms with Crippen LogP contribution in [0.15, 0.2) is 4.99 Å². The highest BCUT2D eigenvalue weighted by atomic mass is 16.6. The van der Waals surface area contributed by atoms with E-state index >= 15 is 0 Å². The van der Waals surface area contributed by atoms with E-state index in [0.717, 1.165) is 38.6 Å². The summed E-state index contributed by atoms with van der Waals surface area (Å²) in [5.41, 5.74) is -0.466. The Labute approximate surface area is 152 Å². The lowest BCUT2D eigenvalue weighted by Crippen LogP contribution is -2.44. The van der Waals surface area contributed by atoms with Crippen molar-refractivity contribution in [3.63, 3.8) is 0 Å². The molecule has 2 atom stereocenters. The van der Waals surface area contributed by atoms with E-state index in [4.69, 9.17) is 9.73 Å². The summed E-state index contributed by atoms with van der Waals surface area (Å²) in [6.45, 7) is 12.2. The molecule has 2 fully saturated rings. The van der Waals surface area contributed by atoms with Crippen LogP contribution in [0.4, 0.5) is 4.79 Å². The number of amides is 1. The number of likely N-dealkylation sites (tertiary alicyclic amines) is 2. The molecular weight excluding hydrogens is 318 g/mol. The molecule has 2 aliphatic heterocycles. The highest BCUT2D eigenvalue weighted by Crippen LogP contribution is 2.16. The quantitative estimate of drug-likeness (QED) is 0.594. The number of likely N-dealkylation sites (N-methyl/N-ethyl adjacent to an activating group) is 1. The molecule has 2 aliphatic rings. The van der Waals surface area contributed by atoms with E-state index in [1.807, 2.05) is 20.8 Å². The first-order valence-corrected chi connectivity index (χ1v) is 9.51. The number of rotatable bonds is 4. The summed E-state index contributed by atoms with van der Waals surface area (Å²) >= 11 is 0. The lowest BCUT2D eigenvalue weighted by Gasteiger charge is -2.24. The third-order valence-corrected chi connectivity index (χ3v) is 4.67. The fourth-order valence-corrected chi connectivity index (χ4v) is 3.37. The summed E-state index contributed by atoms with van der Waals surface area (Å²) in [5.74, 6) is 0.955. The summed E-state index contributed by atoms with van der Waals surface area (Å²) in [7, 11) is 2.18. The Kier molecular flexibility index (Phi) is 6.93. The number of carbonyl (C=O) groups excluding carboxylic acids is 1. The van der Waals surface area contributed by atoms with Crippen molar-refractivity contribution in [2.24, 2.45) is 4.99 Å². The molecule has 2 saturated heterocycles. The van der Waals surface area contributed by atoms with E-state index in [-0.39, 0.29) is 12.1 Å². The Morgan fingerprint density at radius 2 is 2.04 bits per heavy atom. The van der Waals surface area contributed by atoms with Crippen molar-refractivity contribution in [1.82, 2.24) is 20.4 Å². The first-order valence-electron chi connectivity index (χ1n) is 9.51. The van der Waals surface area contributed by atoms with Gasteiger partial charge in [-0.25, -0.2) is 4.79 Å².